The standard InChI is InChI=1S/C18H23N6O15P3S/c19-15-12-16(22-18(21-15)43-6-5-9-1-3-10(4-2-9)24(27)28)23(8-20-12)17-14(26)13(25)11(37-17)7-36-41(32,33)39-42(34,35)38-40(29,30)31/h1-4,8,11,13-14,17,25-26H,5-7H2,(H,32,33)(H,34,35)(H2,19,21,22)(H2,29,30,31)/t11-,13?,14?,17-/m1/s1. The van der Waals surface area contributed by atoms with Crippen LogP contribution in [0, 0.1) is 10.1 Å². The van der Waals surface area contributed by atoms with Crippen LogP contribution in [0.2, 0.25) is 0 Å². The highest BCUT2D eigenvalue weighted by molar-refractivity contribution is 7.99. The molecule has 1 saturated heterocycles. The van der Waals surface area contributed by atoms with Gasteiger partial charge in [-0.1, -0.05) is 23.9 Å². The summed E-state index contributed by atoms with van der Waals surface area (Å²) in [6.45, 7) is -1.01. The number of fused-ring (bicyclic) bond motifs is 1. The first-order valence-electron chi connectivity index (χ1n) is 11.6. The Kier molecular flexibility index (Phi) is 10.1. The van der Waals surface area contributed by atoms with Gasteiger partial charge in [0.2, 0.25) is 0 Å². The van der Waals surface area contributed by atoms with Gasteiger partial charge in [-0.25, -0.2) is 28.6 Å². The number of aliphatic hydroxyl groups is 2. The number of phosphoric acid groups is 3. The number of phosphoric ester groups is 1. The fraction of sp³-hybridized carbons (Fsp3) is 0.389. The van der Waals surface area contributed by atoms with E-state index in [1.807, 2.05) is 0 Å². The van der Waals surface area contributed by atoms with E-state index in [2.05, 4.69) is 28.1 Å². The van der Waals surface area contributed by atoms with Crippen molar-refractivity contribution in [1.82, 2.24) is 19.5 Å². The van der Waals surface area contributed by atoms with Gasteiger partial charge in [0.05, 0.1) is 17.9 Å². The van der Waals surface area contributed by atoms with E-state index in [0.717, 1.165) is 5.56 Å². The number of imidazole rings is 1. The molecule has 0 bridgehead atoms. The van der Waals surface area contributed by atoms with Gasteiger partial charge >= 0.3 is 23.5 Å². The van der Waals surface area contributed by atoms with Crippen molar-refractivity contribution in [2.75, 3.05) is 18.1 Å². The maximum Gasteiger partial charge on any atom is 0.490 e. The molecule has 21 nitrogen and oxygen atoms in total. The first-order chi connectivity index (χ1) is 19.9. The van der Waals surface area contributed by atoms with Gasteiger partial charge < -0.3 is 40.3 Å². The number of nitro benzene ring substituents is 1. The number of thioether (sulfide) groups is 1. The summed E-state index contributed by atoms with van der Waals surface area (Å²) >= 11 is 1.20. The molecule has 8 N–H and O–H groups in total. The second-order valence-electron chi connectivity index (χ2n) is 8.67. The smallest absolute Gasteiger partial charge is 0.387 e. The molecule has 1 fully saturated rings. The van der Waals surface area contributed by atoms with Gasteiger partial charge in [-0.15, -0.1) is 0 Å². The van der Waals surface area contributed by atoms with E-state index >= 15 is 0 Å². The number of nitrogens with zero attached hydrogens (tertiary/aromatic N) is 5. The van der Waals surface area contributed by atoms with Crippen LogP contribution < -0.4 is 5.73 Å². The van der Waals surface area contributed by atoms with Gasteiger partial charge in [-0.05, 0) is 12.0 Å². The van der Waals surface area contributed by atoms with Crippen molar-refractivity contribution in [3.63, 3.8) is 0 Å². The predicted molar refractivity (Wildman–Crippen MR) is 143 cm³/mol. The van der Waals surface area contributed by atoms with Crippen molar-refractivity contribution >= 4 is 57.9 Å². The highest BCUT2D eigenvalue weighted by Crippen LogP contribution is 2.66. The summed E-state index contributed by atoms with van der Waals surface area (Å²) in [6.07, 6.45) is -4.65. The van der Waals surface area contributed by atoms with Crippen molar-refractivity contribution in [2.24, 2.45) is 0 Å². The zero-order chi connectivity index (χ0) is 31.7. The van der Waals surface area contributed by atoms with E-state index in [1.54, 1.807) is 12.1 Å². The Morgan fingerprint density at radius 3 is 2.35 bits per heavy atom. The third-order valence-electron chi connectivity index (χ3n) is 5.63. The lowest BCUT2D eigenvalue weighted by Gasteiger charge is -2.19. The third kappa shape index (κ3) is 8.62. The minimum absolute atomic E-state index is 0.0150. The molecule has 4 unspecified atom stereocenters. The number of nitro groups is 1. The third-order valence-corrected chi connectivity index (χ3v) is 10.3. The molecule has 43 heavy (non-hydrogen) atoms. The molecule has 0 radical (unpaired) electrons. The maximum absolute atomic E-state index is 12.0. The van der Waals surface area contributed by atoms with E-state index in [0.29, 0.717) is 12.2 Å². The SMILES string of the molecule is Nc1nc(SCCc2ccc([N+](=O)[O-])cc2)nc2c1ncn2[C@@H]1O[C@H](COP(=O)(O)OP(=O)(O)OP(=O)(O)O)C(O)C1O. The molecule has 4 rings (SSSR count). The molecule has 0 aliphatic carbocycles. The fourth-order valence-electron chi connectivity index (χ4n) is 3.78. The molecule has 6 atom stereocenters. The number of non-ortho nitro benzene ring substituents is 1. The summed E-state index contributed by atoms with van der Waals surface area (Å²) in [7, 11) is -16.9. The lowest BCUT2D eigenvalue weighted by molar-refractivity contribution is -0.384. The molecule has 25 heteroatoms. The first-order valence-corrected chi connectivity index (χ1v) is 17.1. The number of aliphatic hydroxyl groups excluding tert-OH is 2. The summed E-state index contributed by atoms with van der Waals surface area (Å²) in [6, 6.07) is 6.02. The summed E-state index contributed by atoms with van der Waals surface area (Å²) in [4.78, 5) is 59.1. The van der Waals surface area contributed by atoms with Crippen LogP contribution in [0.4, 0.5) is 11.5 Å². The van der Waals surface area contributed by atoms with Crippen LogP contribution in [-0.4, -0.2) is 84.9 Å². The normalized spacial score (nSPS) is 23.7. The minimum Gasteiger partial charge on any atom is -0.387 e. The number of aromatic nitrogens is 4. The number of hydrogen-bond donors (Lipinski definition) is 7. The van der Waals surface area contributed by atoms with Crippen LogP contribution in [0.1, 0.15) is 11.8 Å². The van der Waals surface area contributed by atoms with Gasteiger partial charge in [0.1, 0.15) is 23.8 Å². The van der Waals surface area contributed by atoms with E-state index < -0.39 is 59.5 Å². The molecule has 236 valence electrons. The van der Waals surface area contributed by atoms with Crippen LogP contribution in [0.25, 0.3) is 11.2 Å². The molecule has 0 saturated carbocycles. The molecule has 0 amide bonds. The topological polar surface area (TPSA) is 322 Å². The van der Waals surface area contributed by atoms with Gasteiger partial charge in [0.25, 0.3) is 5.69 Å². The molecular weight excluding hydrogens is 665 g/mol. The quantitative estimate of drug-likeness (QED) is 0.0425. The van der Waals surface area contributed by atoms with Gasteiger partial charge in [0, 0.05) is 17.9 Å². The molecule has 2 aromatic heterocycles. The van der Waals surface area contributed by atoms with Gasteiger partial charge in [-0.3, -0.25) is 19.2 Å². The van der Waals surface area contributed by atoms with E-state index in [4.69, 9.17) is 20.3 Å². The molecule has 3 heterocycles. The number of aryl methyl sites for hydroxylation is 1. The lowest BCUT2D eigenvalue weighted by atomic mass is 10.1. The summed E-state index contributed by atoms with van der Waals surface area (Å²) in [5.41, 5.74) is 7.03. The number of ether oxygens (including phenoxy) is 1. The largest absolute Gasteiger partial charge is 0.490 e. The van der Waals surface area contributed by atoms with Crippen molar-refractivity contribution in [2.45, 2.75) is 36.1 Å². The number of nitrogens with two attached hydrogens (primary N) is 1. The number of hydrogen-bond acceptors (Lipinski definition) is 16. The Hall–Kier alpha value is -2.39. The van der Waals surface area contributed by atoms with Crippen molar-refractivity contribution in [3.05, 3.63) is 46.3 Å². The van der Waals surface area contributed by atoms with Crippen molar-refractivity contribution in [1.29, 1.82) is 0 Å². The second kappa shape index (κ2) is 12.9. The first kappa shape index (κ1) is 33.5. The molecule has 3 aromatic rings. The van der Waals surface area contributed by atoms with Crippen molar-refractivity contribution < 1.29 is 66.3 Å². The highest BCUT2D eigenvalue weighted by Gasteiger charge is 2.47. The Morgan fingerprint density at radius 1 is 1.05 bits per heavy atom. The highest BCUT2D eigenvalue weighted by atomic mass is 32.2. The Balaban J connectivity index is 1.43. The van der Waals surface area contributed by atoms with Gasteiger partial charge in [0.15, 0.2) is 22.8 Å². The maximum atomic E-state index is 12.0. The van der Waals surface area contributed by atoms with Crippen LogP contribution >= 0.6 is 35.2 Å². The van der Waals surface area contributed by atoms with Crippen LogP contribution in [0.3, 0.4) is 0 Å². The number of benzene rings is 1. The van der Waals surface area contributed by atoms with Crippen LogP contribution in [-0.2, 0) is 38.0 Å². The minimum atomic E-state index is -5.76. The lowest BCUT2D eigenvalue weighted by Crippen LogP contribution is -2.33. The predicted octanol–water partition coefficient (Wildman–Crippen LogP) is 0.614. The summed E-state index contributed by atoms with van der Waals surface area (Å²) in [5.74, 6) is 0.444. The Morgan fingerprint density at radius 2 is 1.72 bits per heavy atom. The summed E-state index contributed by atoms with van der Waals surface area (Å²) < 4.78 is 52.8. The van der Waals surface area contributed by atoms with Crippen molar-refractivity contribution in [3.8, 4) is 0 Å². The number of anilines is 1. The van der Waals surface area contributed by atoms with E-state index in [9.17, 15) is 43.8 Å². The molecule has 1 aromatic carbocycles. The Bertz CT molecular complexity index is 1640. The number of rotatable bonds is 13. The van der Waals surface area contributed by atoms with E-state index in [1.165, 1.54) is 34.8 Å². The zero-order valence-corrected chi connectivity index (χ0v) is 24.7. The molecule has 1 aliphatic heterocycles. The average molecular weight is 688 g/mol. The number of nitrogen functional groups attached to an aromatic ring is 1. The molecule has 1 aliphatic rings. The summed E-state index contributed by atoms with van der Waals surface area (Å²) in [5, 5.41) is 32.1. The monoisotopic (exact) mass is 688 g/mol. The molecular formula is C18H23N6O15P3S. The van der Waals surface area contributed by atoms with Crippen LogP contribution in [0.5, 0.6) is 0 Å². The van der Waals surface area contributed by atoms with Crippen LogP contribution in [0.15, 0.2) is 35.7 Å². The molecule has 0 spiro atoms. The fourth-order valence-corrected chi connectivity index (χ4v) is 7.64. The average Bonchev–Trinajstić information content (AvgIpc) is 3.42. The second-order valence-corrected chi connectivity index (χ2v) is 14.2. The van der Waals surface area contributed by atoms with E-state index in [-0.39, 0.29) is 27.8 Å². The van der Waals surface area contributed by atoms with Gasteiger partial charge in [-0.2, -0.15) is 8.62 Å². The zero-order valence-electron chi connectivity index (χ0n) is 21.2. The Labute approximate surface area is 244 Å².